The van der Waals surface area contributed by atoms with Crippen LogP contribution in [0.15, 0.2) is 84.9 Å². The molecule has 0 radical (unpaired) electrons. The standard InChI is InChI=1S/C24H27N3O2S2/c1-31(28,29)27-22-14-12-19(13-15-22)18-26-24(30)25-17-16-23(20-8-4-2-5-9-20)21-10-6-3-7-11-21/h2-15,23,27H,16-18H2,1H3,(H2,25,26,30). The normalized spacial score (nSPS) is 11.2. The van der Waals surface area contributed by atoms with Crippen LogP contribution >= 0.6 is 12.2 Å². The largest absolute Gasteiger partial charge is 0.363 e. The van der Waals surface area contributed by atoms with Crippen molar-refractivity contribution in [2.45, 2.75) is 18.9 Å². The summed E-state index contributed by atoms with van der Waals surface area (Å²) in [4.78, 5) is 0. The van der Waals surface area contributed by atoms with E-state index in [0.29, 0.717) is 23.3 Å². The van der Waals surface area contributed by atoms with E-state index in [9.17, 15) is 8.42 Å². The zero-order chi connectivity index (χ0) is 22.1. The van der Waals surface area contributed by atoms with Gasteiger partial charge in [-0.3, -0.25) is 4.72 Å². The molecule has 0 amide bonds. The van der Waals surface area contributed by atoms with E-state index >= 15 is 0 Å². The van der Waals surface area contributed by atoms with Crippen molar-refractivity contribution < 1.29 is 8.42 Å². The van der Waals surface area contributed by atoms with Gasteiger partial charge in [-0.2, -0.15) is 0 Å². The van der Waals surface area contributed by atoms with Gasteiger partial charge in [0.15, 0.2) is 5.11 Å². The van der Waals surface area contributed by atoms with Gasteiger partial charge < -0.3 is 10.6 Å². The van der Waals surface area contributed by atoms with Gasteiger partial charge in [0.05, 0.1) is 6.26 Å². The van der Waals surface area contributed by atoms with Gasteiger partial charge in [-0.05, 0) is 47.5 Å². The summed E-state index contributed by atoms with van der Waals surface area (Å²) in [5.74, 6) is 0.299. The summed E-state index contributed by atoms with van der Waals surface area (Å²) in [5, 5.41) is 7.09. The Balaban J connectivity index is 1.49. The summed E-state index contributed by atoms with van der Waals surface area (Å²) in [6, 6.07) is 28.2. The van der Waals surface area contributed by atoms with Crippen molar-refractivity contribution in [1.82, 2.24) is 10.6 Å². The third-order valence-corrected chi connectivity index (χ3v) is 5.73. The molecule has 0 bridgehead atoms. The summed E-state index contributed by atoms with van der Waals surface area (Å²) < 4.78 is 25.0. The lowest BCUT2D eigenvalue weighted by Crippen LogP contribution is -2.35. The van der Waals surface area contributed by atoms with Crippen LogP contribution in [0.5, 0.6) is 0 Å². The maximum Gasteiger partial charge on any atom is 0.229 e. The number of sulfonamides is 1. The van der Waals surface area contributed by atoms with Crippen LogP contribution in [-0.4, -0.2) is 26.3 Å². The Labute approximate surface area is 190 Å². The number of hydrogen-bond donors (Lipinski definition) is 3. The predicted molar refractivity (Wildman–Crippen MR) is 132 cm³/mol. The van der Waals surface area contributed by atoms with E-state index in [4.69, 9.17) is 12.2 Å². The Morgan fingerprint density at radius 1 is 0.839 bits per heavy atom. The Bertz CT molecular complexity index is 1030. The highest BCUT2D eigenvalue weighted by atomic mass is 32.2. The molecule has 0 spiro atoms. The Morgan fingerprint density at radius 3 is 1.90 bits per heavy atom. The van der Waals surface area contributed by atoms with Crippen LogP contribution in [0.3, 0.4) is 0 Å². The van der Waals surface area contributed by atoms with Gasteiger partial charge in [0.25, 0.3) is 0 Å². The molecule has 0 saturated heterocycles. The molecule has 0 heterocycles. The molecule has 0 aliphatic carbocycles. The smallest absolute Gasteiger partial charge is 0.229 e. The van der Waals surface area contributed by atoms with Crippen LogP contribution in [0.1, 0.15) is 29.0 Å². The SMILES string of the molecule is CS(=O)(=O)Nc1ccc(CNC(=S)NCCC(c2ccccc2)c2ccccc2)cc1. The zero-order valence-electron chi connectivity index (χ0n) is 17.4. The summed E-state index contributed by atoms with van der Waals surface area (Å²) in [6.45, 7) is 1.31. The Kier molecular flexibility index (Phi) is 8.03. The molecule has 0 saturated carbocycles. The average Bonchev–Trinajstić information content (AvgIpc) is 2.76. The minimum Gasteiger partial charge on any atom is -0.363 e. The van der Waals surface area contributed by atoms with E-state index in [0.717, 1.165) is 24.8 Å². The first-order chi connectivity index (χ1) is 14.9. The second kappa shape index (κ2) is 10.9. The minimum atomic E-state index is -3.27. The molecule has 0 fully saturated rings. The fraction of sp³-hybridized carbons (Fsp3) is 0.208. The first-order valence-electron chi connectivity index (χ1n) is 10.1. The average molecular weight is 454 g/mol. The van der Waals surface area contributed by atoms with Crippen molar-refractivity contribution in [2.24, 2.45) is 0 Å². The lowest BCUT2D eigenvalue weighted by atomic mass is 9.88. The molecule has 5 nitrogen and oxygen atoms in total. The molecule has 0 aliphatic rings. The maximum absolute atomic E-state index is 11.3. The number of rotatable bonds is 9. The van der Waals surface area contributed by atoms with Gasteiger partial charge in [0.2, 0.25) is 10.0 Å². The van der Waals surface area contributed by atoms with Crippen LogP contribution < -0.4 is 15.4 Å². The molecule has 0 atom stereocenters. The van der Waals surface area contributed by atoms with Crippen LogP contribution in [-0.2, 0) is 16.6 Å². The second-order valence-corrected chi connectivity index (χ2v) is 9.50. The summed E-state index contributed by atoms with van der Waals surface area (Å²) in [7, 11) is -3.27. The molecule has 3 aromatic carbocycles. The predicted octanol–water partition coefficient (Wildman–Crippen LogP) is 4.24. The van der Waals surface area contributed by atoms with E-state index in [1.54, 1.807) is 12.1 Å². The molecule has 0 aliphatic heterocycles. The molecule has 0 unspecified atom stereocenters. The quantitative estimate of drug-likeness (QED) is 0.423. The van der Waals surface area contributed by atoms with Gasteiger partial charge in [-0.1, -0.05) is 72.8 Å². The van der Waals surface area contributed by atoms with Crippen molar-refractivity contribution in [3.8, 4) is 0 Å². The summed E-state index contributed by atoms with van der Waals surface area (Å²) in [5.41, 5.74) is 4.13. The first-order valence-corrected chi connectivity index (χ1v) is 12.4. The first kappa shape index (κ1) is 22.8. The van der Waals surface area contributed by atoms with E-state index in [1.165, 1.54) is 11.1 Å². The van der Waals surface area contributed by atoms with Crippen LogP contribution in [0, 0.1) is 0 Å². The fourth-order valence-corrected chi connectivity index (χ4v) is 4.11. The highest BCUT2D eigenvalue weighted by molar-refractivity contribution is 7.92. The lowest BCUT2D eigenvalue weighted by Gasteiger charge is -2.19. The van der Waals surface area contributed by atoms with Crippen molar-refractivity contribution >= 4 is 33.0 Å². The maximum atomic E-state index is 11.3. The van der Waals surface area contributed by atoms with E-state index in [1.807, 2.05) is 24.3 Å². The van der Waals surface area contributed by atoms with Crippen molar-refractivity contribution in [2.75, 3.05) is 17.5 Å². The summed E-state index contributed by atoms with van der Waals surface area (Å²) in [6.07, 6.45) is 2.05. The van der Waals surface area contributed by atoms with Crippen molar-refractivity contribution in [3.63, 3.8) is 0 Å². The van der Waals surface area contributed by atoms with E-state index in [2.05, 4.69) is 63.9 Å². The molecule has 3 aromatic rings. The second-order valence-electron chi connectivity index (χ2n) is 7.34. The molecule has 3 N–H and O–H groups in total. The van der Waals surface area contributed by atoms with Crippen molar-refractivity contribution in [3.05, 3.63) is 102 Å². The summed E-state index contributed by atoms with van der Waals surface area (Å²) >= 11 is 5.42. The van der Waals surface area contributed by atoms with Crippen LogP contribution in [0.2, 0.25) is 0 Å². The Morgan fingerprint density at radius 2 is 1.39 bits per heavy atom. The van der Waals surface area contributed by atoms with Gasteiger partial charge in [0, 0.05) is 24.7 Å². The van der Waals surface area contributed by atoms with E-state index in [-0.39, 0.29) is 0 Å². The topological polar surface area (TPSA) is 70.2 Å². The molecule has 31 heavy (non-hydrogen) atoms. The molecule has 0 aromatic heterocycles. The van der Waals surface area contributed by atoms with Gasteiger partial charge in [-0.15, -0.1) is 0 Å². The zero-order valence-corrected chi connectivity index (χ0v) is 19.0. The molecular weight excluding hydrogens is 426 g/mol. The highest BCUT2D eigenvalue weighted by Gasteiger charge is 2.13. The lowest BCUT2D eigenvalue weighted by molar-refractivity contribution is 0.607. The minimum absolute atomic E-state index is 0.299. The highest BCUT2D eigenvalue weighted by Crippen LogP contribution is 2.27. The number of nitrogens with one attached hydrogen (secondary N) is 3. The third kappa shape index (κ3) is 7.70. The molecule has 3 rings (SSSR count). The van der Waals surface area contributed by atoms with Gasteiger partial charge >= 0.3 is 0 Å². The number of benzene rings is 3. The monoisotopic (exact) mass is 453 g/mol. The molecule has 162 valence electrons. The number of thiocarbonyl (C=S) groups is 1. The van der Waals surface area contributed by atoms with Gasteiger partial charge in [0.1, 0.15) is 0 Å². The number of hydrogen-bond acceptors (Lipinski definition) is 3. The van der Waals surface area contributed by atoms with Crippen molar-refractivity contribution in [1.29, 1.82) is 0 Å². The fourth-order valence-electron chi connectivity index (χ4n) is 3.38. The Hall–Kier alpha value is -2.90. The number of anilines is 1. The van der Waals surface area contributed by atoms with Gasteiger partial charge in [-0.25, -0.2) is 8.42 Å². The van der Waals surface area contributed by atoms with Crippen LogP contribution in [0.25, 0.3) is 0 Å². The molecular formula is C24H27N3O2S2. The molecule has 7 heteroatoms. The van der Waals surface area contributed by atoms with Crippen LogP contribution in [0.4, 0.5) is 5.69 Å². The third-order valence-electron chi connectivity index (χ3n) is 4.83. The van der Waals surface area contributed by atoms with E-state index < -0.39 is 10.0 Å².